The monoisotopic (exact) mass is 210 g/mol. The van der Waals surface area contributed by atoms with Gasteiger partial charge >= 0.3 is 5.97 Å². The normalized spacial score (nSPS) is 26.3. The van der Waals surface area contributed by atoms with Gasteiger partial charge in [0.25, 0.3) is 0 Å². The summed E-state index contributed by atoms with van der Waals surface area (Å²) in [6, 6.07) is 0. The molecule has 0 spiro atoms. The first-order valence-electron chi connectivity index (χ1n) is 5.05. The lowest BCUT2D eigenvalue weighted by atomic mass is 10.1. The molecule has 1 N–H and O–H groups in total. The number of nitrogens with zero attached hydrogens (tertiary/aromatic N) is 2. The lowest BCUT2D eigenvalue weighted by molar-refractivity contribution is -0.139. The molecule has 0 bridgehead atoms. The van der Waals surface area contributed by atoms with Crippen molar-refractivity contribution in [3.8, 4) is 0 Å². The maximum Gasteiger partial charge on any atom is 0.312 e. The van der Waals surface area contributed by atoms with Gasteiger partial charge in [-0.1, -0.05) is 6.08 Å². The van der Waals surface area contributed by atoms with Crippen LogP contribution in [-0.2, 0) is 9.53 Å². The second-order valence-corrected chi connectivity index (χ2v) is 3.60. The molecule has 0 aromatic carbocycles. The zero-order valence-electron chi connectivity index (χ0n) is 8.43. The molecule has 0 saturated carbocycles. The molecule has 5 heteroatoms. The lowest BCUT2D eigenvalue weighted by Crippen LogP contribution is -2.41. The third-order valence-corrected chi connectivity index (χ3v) is 2.58. The van der Waals surface area contributed by atoms with Crippen LogP contribution in [0.4, 0.5) is 0 Å². The highest BCUT2D eigenvalue weighted by atomic mass is 16.5. The summed E-state index contributed by atoms with van der Waals surface area (Å²) in [5.41, 5.74) is 0. The number of rotatable bonds is 1. The van der Waals surface area contributed by atoms with Crippen LogP contribution in [0.25, 0.3) is 0 Å². The van der Waals surface area contributed by atoms with Gasteiger partial charge in [0.1, 0.15) is 5.84 Å². The smallest absolute Gasteiger partial charge is 0.312 e. The highest BCUT2D eigenvalue weighted by molar-refractivity contribution is 5.95. The fourth-order valence-corrected chi connectivity index (χ4v) is 1.67. The van der Waals surface area contributed by atoms with Crippen LogP contribution in [-0.4, -0.2) is 54.7 Å². The number of dihydropyridines is 1. The van der Waals surface area contributed by atoms with E-state index in [0.29, 0.717) is 6.54 Å². The molecule has 1 atom stereocenters. The number of carboxylic acids is 1. The molecule has 0 aromatic heterocycles. The van der Waals surface area contributed by atoms with Crippen molar-refractivity contribution < 1.29 is 14.6 Å². The van der Waals surface area contributed by atoms with Crippen LogP contribution in [0.3, 0.4) is 0 Å². The summed E-state index contributed by atoms with van der Waals surface area (Å²) in [7, 11) is 0. The van der Waals surface area contributed by atoms with E-state index in [1.807, 2.05) is 0 Å². The van der Waals surface area contributed by atoms with Crippen molar-refractivity contribution in [2.45, 2.75) is 0 Å². The SMILES string of the molecule is O=C(O)C1C=CC(N2CCOCC2)=NC1. The predicted molar refractivity (Wildman–Crippen MR) is 55.0 cm³/mol. The molecule has 0 amide bonds. The minimum absolute atomic E-state index is 0.346. The predicted octanol–water partition coefficient (Wildman–Crippen LogP) is -0.0123. The van der Waals surface area contributed by atoms with Gasteiger partial charge in [-0.2, -0.15) is 0 Å². The summed E-state index contributed by atoms with van der Waals surface area (Å²) in [5.74, 6) is -0.387. The number of morpholine rings is 1. The Balaban J connectivity index is 1.95. The van der Waals surface area contributed by atoms with E-state index in [1.165, 1.54) is 0 Å². The Labute approximate surface area is 88.0 Å². The first-order chi connectivity index (χ1) is 7.27. The van der Waals surface area contributed by atoms with Crippen LogP contribution in [0.15, 0.2) is 17.1 Å². The topological polar surface area (TPSA) is 62.1 Å². The van der Waals surface area contributed by atoms with E-state index in [2.05, 4.69) is 9.89 Å². The van der Waals surface area contributed by atoms with Crippen LogP contribution < -0.4 is 0 Å². The van der Waals surface area contributed by atoms with Crippen molar-refractivity contribution in [3.05, 3.63) is 12.2 Å². The number of aliphatic imine (C=N–C) groups is 1. The van der Waals surface area contributed by atoms with Crippen molar-refractivity contribution >= 4 is 11.8 Å². The van der Waals surface area contributed by atoms with Gasteiger partial charge in [0.05, 0.1) is 25.7 Å². The third-order valence-electron chi connectivity index (χ3n) is 2.58. The maximum absolute atomic E-state index is 10.7. The number of aliphatic carboxylic acids is 1. The zero-order chi connectivity index (χ0) is 10.7. The fraction of sp³-hybridized carbons (Fsp3) is 0.600. The summed E-state index contributed by atoms with van der Waals surface area (Å²) in [4.78, 5) is 17.1. The molecule has 2 rings (SSSR count). The van der Waals surface area contributed by atoms with Crippen molar-refractivity contribution in [1.82, 2.24) is 4.90 Å². The van der Waals surface area contributed by atoms with Crippen LogP contribution in [0, 0.1) is 5.92 Å². The number of hydrogen-bond acceptors (Lipinski definition) is 4. The van der Waals surface area contributed by atoms with E-state index < -0.39 is 11.9 Å². The molecule has 5 nitrogen and oxygen atoms in total. The van der Waals surface area contributed by atoms with E-state index in [9.17, 15) is 4.79 Å². The van der Waals surface area contributed by atoms with Crippen molar-refractivity contribution in [2.75, 3.05) is 32.8 Å². The molecule has 82 valence electrons. The van der Waals surface area contributed by atoms with Gasteiger partial charge in [-0.05, 0) is 6.08 Å². The van der Waals surface area contributed by atoms with Gasteiger partial charge in [0.2, 0.25) is 0 Å². The summed E-state index contributed by atoms with van der Waals surface area (Å²) in [6.07, 6.45) is 3.51. The minimum atomic E-state index is -0.809. The van der Waals surface area contributed by atoms with E-state index in [-0.39, 0.29) is 0 Å². The Morgan fingerprint density at radius 1 is 1.53 bits per heavy atom. The molecule has 1 unspecified atom stereocenters. The number of amidine groups is 1. The number of carbonyl (C=O) groups is 1. The number of ether oxygens (including phenoxy) is 1. The molecule has 0 aliphatic carbocycles. The van der Waals surface area contributed by atoms with Crippen LogP contribution in [0.2, 0.25) is 0 Å². The van der Waals surface area contributed by atoms with Crippen LogP contribution in [0.5, 0.6) is 0 Å². The molecular formula is C10H14N2O3. The zero-order valence-corrected chi connectivity index (χ0v) is 8.43. The first-order valence-corrected chi connectivity index (χ1v) is 5.05. The molecule has 0 aromatic rings. The standard InChI is InChI=1S/C10H14N2O3/c13-10(14)8-1-2-9(11-7-8)12-3-5-15-6-4-12/h1-2,8H,3-7H2,(H,13,14). The second kappa shape index (κ2) is 4.44. The summed E-state index contributed by atoms with van der Waals surface area (Å²) in [5, 5.41) is 8.78. The van der Waals surface area contributed by atoms with E-state index in [0.717, 1.165) is 32.1 Å². The Hall–Kier alpha value is -1.36. The Bertz CT molecular complexity index is 306. The molecule has 15 heavy (non-hydrogen) atoms. The van der Waals surface area contributed by atoms with Crippen molar-refractivity contribution in [3.63, 3.8) is 0 Å². The number of carboxylic acid groups (broad SMARTS) is 1. The van der Waals surface area contributed by atoms with E-state index in [4.69, 9.17) is 9.84 Å². The van der Waals surface area contributed by atoms with Crippen LogP contribution in [0.1, 0.15) is 0 Å². The highest BCUT2D eigenvalue weighted by Gasteiger charge is 2.20. The summed E-state index contributed by atoms with van der Waals surface area (Å²) >= 11 is 0. The van der Waals surface area contributed by atoms with E-state index in [1.54, 1.807) is 12.2 Å². The number of hydrogen-bond donors (Lipinski definition) is 1. The Kier molecular flexibility index (Phi) is 3.01. The third kappa shape index (κ3) is 2.36. The molecule has 1 fully saturated rings. The lowest BCUT2D eigenvalue weighted by Gasteiger charge is -2.29. The summed E-state index contributed by atoms with van der Waals surface area (Å²) in [6.45, 7) is 3.45. The average Bonchev–Trinajstić information content (AvgIpc) is 2.30. The first kappa shape index (κ1) is 10.2. The molecule has 1 saturated heterocycles. The fourth-order valence-electron chi connectivity index (χ4n) is 1.67. The van der Waals surface area contributed by atoms with Crippen LogP contribution >= 0.6 is 0 Å². The van der Waals surface area contributed by atoms with Gasteiger partial charge in [-0.3, -0.25) is 9.79 Å². The maximum atomic E-state index is 10.7. The Morgan fingerprint density at radius 3 is 2.80 bits per heavy atom. The quantitative estimate of drug-likeness (QED) is 0.661. The molecule has 2 heterocycles. The molecule has 0 radical (unpaired) electrons. The summed E-state index contributed by atoms with van der Waals surface area (Å²) < 4.78 is 5.23. The molecule has 2 aliphatic rings. The minimum Gasteiger partial charge on any atom is -0.481 e. The van der Waals surface area contributed by atoms with Gasteiger partial charge in [0, 0.05) is 13.1 Å². The highest BCUT2D eigenvalue weighted by Crippen LogP contribution is 2.10. The second-order valence-electron chi connectivity index (χ2n) is 3.60. The molecular weight excluding hydrogens is 196 g/mol. The largest absolute Gasteiger partial charge is 0.481 e. The van der Waals surface area contributed by atoms with Gasteiger partial charge in [-0.25, -0.2) is 0 Å². The van der Waals surface area contributed by atoms with Gasteiger partial charge < -0.3 is 14.7 Å². The van der Waals surface area contributed by atoms with Crippen molar-refractivity contribution in [2.24, 2.45) is 10.9 Å². The van der Waals surface area contributed by atoms with Gasteiger partial charge in [0.15, 0.2) is 0 Å². The average molecular weight is 210 g/mol. The van der Waals surface area contributed by atoms with Gasteiger partial charge in [-0.15, -0.1) is 0 Å². The van der Waals surface area contributed by atoms with E-state index >= 15 is 0 Å². The van der Waals surface area contributed by atoms with Crippen molar-refractivity contribution in [1.29, 1.82) is 0 Å². The Morgan fingerprint density at radius 2 is 2.27 bits per heavy atom. The molecule has 2 aliphatic heterocycles.